The van der Waals surface area contributed by atoms with Crippen molar-refractivity contribution in [3.05, 3.63) is 42.0 Å². The van der Waals surface area contributed by atoms with E-state index in [2.05, 4.69) is 37.9 Å². The molecular formula is C17H27NO. The van der Waals surface area contributed by atoms with Crippen LogP contribution in [-0.2, 0) is 6.42 Å². The lowest BCUT2D eigenvalue weighted by Gasteiger charge is -2.20. The average molecular weight is 261 g/mol. The smallest absolute Gasteiger partial charge is 0.122 e. The first kappa shape index (κ1) is 15.8. The summed E-state index contributed by atoms with van der Waals surface area (Å²) in [6, 6.07) is 8.77. The quantitative estimate of drug-likeness (QED) is 0.679. The van der Waals surface area contributed by atoms with Crippen LogP contribution in [0.1, 0.15) is 38.7 Å². The van der Waals surface area contributed by atoms with Crippen LogP contribution in [0.25, 0.3) is 0 Å². The highest BCUT2D eigenvalue weighted by molar-refractivity contribution is 5.33. The first-order valence-electron chi connectivity index (χ1n) is 7.17. The van der Waals surface area contributed by atoms with E-state index in [0.29, 0.717) is 6.04 Å². The zero-order chi connectivity index (χ0) is 14.1. The van der Waals surface area contributed by atoms with Gasteiger partial charge in [0.2, 0.25) is 0 Å². The van der Waals surface area contributed by atoms with Crippen LogP contribution in [0, 0.1) is 0 Å². The van der Waals surface area contributed by atoms with Gasteiger partial charge in [0.25, 0.3) is 0 Å². The Bertz CT molecular complexity index is 387. The summed E-state index contributed by atoms with van der Waals surface area (Å²) in [7, 11) is 1.74. The van der Waals surface area contributed by atoms with Gasteiger partial charge in [0.05, 0.1) is 7.11 Å². The molecule has 1 aromatic rings. The molecule has 106 valence electrons. The van der Waals surface area contributed by atoms with E-state index < -0.39 is 0 Å². The Labute approximate surface area is 117 Å². The molecule has 1 atom stereocenters. The lowest BCUT2D eigenvalue weighted by molar-refractivity contribution is 0.402. The van der Waals surface area contributed by atoms with Crippen molar-refractivity contribution in [3.63, 3.8) is 0 Å². The lowest BCUT2D eigenvalue weighted by Crippen LogP contribution is -2.32. The highest BCUT2D eigenvalue weighted by atomic mass is 16.5. The molecule has 0 saturated carbocycles. The van der Waals surface area contributed by atoms with Crippen LogP contribution >= 0.6 is 0 Å². The standard InChI is InChI=1S/C17H27NO/c1-5-12-18-16(11-10-14(2)3)13-15-8-6-7-9-17(15)19-4/h6-9,16,18H,2,5,10-13H2,1,3-4H3. The summed E-state index contributed by atoms with van der Waals surface area (Å²) in [6.45, 7) is 9.36. The second-order valence-electron chi connectivity index (χ2n) is 5.16. The molecule has 0 bridgehead atoms. The molecule has 0 aliphatic heterocycles. The summed E-state index contributed by atoms with van der Waals surface area (Å²) in [6.07, 6.45) is 4.39. The van der Waals surface area contributed by atoms with Crippen molar-refractivity contribution >= 4 is 0 Å². The van der Waals surface area contributed by atoms with E-state index in [9.17, 15) is 0 Å². The third kappa shape index (κ3) is 5.93. The van der Waals surface area contributed by atoms with Gasteiger partial charge in [0.1, 0.15) is 5.75 Å². The fourth-order valence-corrected chi connectivity index (χ4v) is 2.18. The van der Waals surface area contributed by atoms with Crippen molar-refractivity contribution in [2.45, 2.75) is 45.6 Å². The summed E-state index contributed by atoms with van der Waals surface area (Å²) in [5, 5.41) is 3.63. The van der Waals surface area contributed by atoms with Gasteiger partial charge in [-0.25, -0.2) is 0 Å². The number of rotatable bonds is 9. The minimum atomic E-state index is 0.493. The predicted octanol–water partition coefficient (Wildman–Crippen LogP) is 3.96. The minimum absolute atomic E-state index is 0.493. The van der Waals surface area contributed by atoms with Gasteiger partial charge >= 0.3 is 0 Å². The van der Waals surface area contributed by atoms with Gasteiger partial charge in [-0.3, -0.25) is 0 Å². The molecule has 1 aromatic carbocycles. The Morgan fingerprint density at radius 3 is 2.74 bits per heavy atom. The van der Waals surface area contributed by atoms with E-state index in [-0.39, 0.29) is 0 Å². The Balaban J connectivity index is 2.66. The van der Waals surface area contributed by atoms with Crippen LogP contribution < -0.4 is 10.1 Å². The first-order chi connectivity index (χ1) is 9.17. The number of hydrogen-bond acceptors (Lipinski definition) is 2. The third-order valence-electron chi connectivity index (χ3n) is 3.26. The predicted molar refractivity (Wildman–Crippen MR) is 82.8 cm³/mol. The van der Waals surface area contributed by atoms with Gasteiger partial charge in [0, 0.05) is 6.04 Å². The molecule has 0 fully saturated rings. The highest BCUT2D eigenvalue weighted by Crippen LogP contribution is 2.20. The van der Waals surface area contributed by atoms with E-state index in [0.717, 1.165) is 38.0 Å². The largest absolute Gasteiger partial charge is 0.496 e. The molecule has 1 N–H and O–H groups in total. The van der Waals surface area contributed by atoms with Gasteiger partial charge in [-0.1, -0.05) is 30.7 Å². The molecule has 2 heteroatoms. The monoisotopic (exact) mass is 261 g/mol. The van der Waals surface area contributed by atoms with Crippen LogP contribution in [0.15, 0.2) is 36.4 Å². The SMILES string of the molecule is C=C(C)CCC(Cc1ccccc1OC)NCCC. The van der Waals surface area contributed by atoms with Crippen LogP contribution in [0.2, 0.25) is 0 Å². The Hall–Kier alpha value is -1.28. The molecule has 0 aromatic heterocycles. The van der Waals surface area contributed by atoms with E-state index in [1.807, 2.05) is 12.1 Å². The summed E-state index contributed by atoms with van der Waals surface area (Å²) in [5.74, 6) is 0.987. The summed E-state index contributed by atoms with van der Waals surface area (Å²) in [4.78, 5) is 0. The van der Waals surface area contributed by atoms with Crippen LogP contribution in [-0.4, -0.2) is 19.7 Å². The van der Waals surface area contributed by atoms with Crippen molar-refractivity contribution in [3.8, 4) is 5.75 Å². The van der Waals surface area contributed by atoms with Gasteiger partial charge in [-0.15, -0.1) is 6.58 Å². The number of para-hydroxylation sites is 1. The minimum Gasteiger partial charge on any atom is -0.496 e. The molecule has 0 radical (unpaired) electrons. The lowest BCUT2D eigenvalue weighted by atomic mass is 9.99. The summed E-state index contributed by atoms with van der Waals surface area (Å²) >= 11 is 0. The number of methoxy groups -OCH3 is 1. The molecule has 0 saturated heterocycles. The molecule has 2 nitrogen and oxygen atoms in total. The van der Waals surface area contributed by atoms with Gasteiger partial charge < -0.3 is 10.1 Å². The maximum absolute atomic E-state index is 5.43. The summed E-state index contributed by atoms with van der Waals surface area (Å²) in [5.41, 5.74) is 2.53. The second-order valence-corrected chi connectivity index (χ2v) is 5.16. The Kier molecular flexibility index (Phi) is 7.27. The summed E-state index contributed by atoms with van der Waals surface area (Å²) < 4.78 is 5.43. The van der Waals surface area contributed by atoms with Crippen molar-refractivity contribution in [2.24, 2.45) is 0 Å². The van der Waals surface area contributed by atoms with E-state index >= 15 is 0 Å². The maximum atomic E-state index is 5.43. The van der Waals surface area contributed by atoms with Crippen LogP contribution in [0.3, 0.4) is 0 Å². The van der Waals surface area contributed by atoms with Gasteiger partial charge in [0.15, 0.2) is 0 Å². The molecule has 19 heavy (non-hydrogen) atoms. The molecule has 1 unspecified atom stereocenters. The highest BCUT2D eigenvalue weighted by Gasteiger charge is 2.11. The Morgan fingerprint density at radius 2 is 2.11 bits per heavy atom. The molecule has 0 aliphatic carbocycles. The zero-order valence-corrected chi connectivity index (χ0v) is 12.5. The number of hydrogen-bond donors (Lipinski definition) is 1. The zero-order valence-electron chi connectivity index (χ0n) is 12.5. The molecule has 1 rings (SSSR count). The fraction of sp³-hybridized carbons (Fsp3) is 0.529. The van der Waals surface area contributed by atoms with Crippen molar-refractivity contribution < 1.29 is 4.74 Å². The van der Waals surface area contributed by atoms with Gasteiger partial charge in [-0.2, -0.15) is 0 Å². The van der Waals surface area contributed by atoms with Crippen molar-refractivity contribution in [1.29, 1.82) is 0 Å². The second kappa shape index (κ2) is 8.76. The Morgan fingerprint density at radius 1 is 1.37 bits per heavy atom. The van der Waals surface area contributed by atoms with Crippen LogP contribution in [0.5, 0.6) is 5.75 Å². The molecule has 0 heterocycles. The molecule has 0 aliphatic rings. The number of ether oxygens (including phenoxy) is 1. The molecular weight excluding hydrogens is 234 g/mol. The van der Waals surface area contributed by atoms with E-state index in [1.54, 1.807) is 7.11 Å². The van der Waals surface area contributed by atoms with Crippen LogP contribution in [0.4, 0.5) is 0 Å². The molecule has 0 spiro atoms. The maximum Gasteiger partial charge on any atom is 0.122 e. The van der Waals surface area contributed by atoms with Gasteiger partial charge in [-0.05, 0) is 50.8 Å². The van der Waals surface area contributed by atoms with Crippen molar-refractivity contribution in [1.82, 2.24) is 5.32 Å². The average Bonchev–Trinajstić information content (AvgIpc) is 2.42. The number of allylic oxidation sites excluding steroid dienone is 1. The number of benzene rings is 1. The normalized spacial score (nSPS) is 12.2. The topological polar surface area (TPSA) is 21.3 Å². The first-order valence-corrected chi connectivity index (χ1v) is 7.17. The van der Waals surface area contributed by atoms with Crippen molar-refractivity contribution in [2.75, 3.05) is 13.7 Å². The third-order valence-corrected chi connectivity index (χ3v) is 3.26. The van der Waals surface area contributed by atoms with E-state index in [1.165, 1.54) is 11.1 Å². The number of nitrogens with one attached hydrogen (secondary N) is 1. The molecule has 0 amide bonds. The fourth-order valence-electron chi connectivity index (χ4n) is 2.18. The van der Waals surface area contributed by atoms with E-state index in [4.69, 9.17) is 4.74 Å².